The van der Waals surface area contributed by atoms with Gasteiger partial charge in [0.25, 0.3) is 5.91 Å². The summed E-state index contributed by atoms with van der Waals surface area (Å²) in [6.07, 6.45) is 0. The number of nitrogens with one attached hydrogen (secondary N) is 1. The quantitative estimate of drug-likeness (QED) is 0.907. The Morgan fingerprint density at radius 3 is 2.73 bits per heavy atom. The maximum absolute atomic E-state index is 13.2. The highest BCUT2D eigenvalue weighted by atomic mass is 35.5. The average molecular weight is 341 g/mol. The molecule has 2 amide bonds. The van der Waals surface area contributed by atoms with Gasteiger partial charge in [0.1, 0.15) is 5.82 Å². The lowest BCUT2D eigenvalue weighted by molar-refractivity contribution is -0.116. The molecule has 22 heavy (non-hydrogen) atoms. The first kappa shape index (κ1) is 16.5. The van der Waals surface area contributed by atoms with Gasteiger partial charge in [0.15, 0.2) is 0 Å². The third-order valence-electron chi connectivity index (χ3n) is 2.96. The lowest BCUT2D eigenvalue weighted by atomic mass is 10.2. The Balaban J connectivity index is 1.99. The van der Waals surface area contributed by atoms with E-state index in [1.807, 2.05) is 5.38 Å². The predicted molar refractivity (Wildman–Crippen MR) is 86.1 cm³/mol. The van der Waals surface area contributed by atoms with Crippen LogP contribution in [0.4, 0.5) is 10.1 Å². The van der Waals surface area contributed by atoms with E-state index in [0.29, 0.717) is 10.6 Å². The fourth-order valence-electron chi connectivity index (χ4n) is 1.90. The second-order valence-corrected chi connectivity index (χ2v) is 5.86. The number of amides is 2. The summed E-state index contributed by atoms with van der Waals surface area (Å²) in [5, 5.41) is 4.50. The topological polar surface area (TPSA) is 49.4 Å². The lowest BCUT2D eigenvalue weighted by Crippen LogP contribution is -2.37. The standard InChI is InChI=1S/C15H14ClFN2O2S/c1-10(20)19(11-4-5-13(17)12(16)9-11)7-6-18-15(21)14-3-2-8-22-14/h2-5,8-9H,6-7H2,1H3,(H,18,21). The van der Waals surface area contributed by atoms with Gasteiger partial charge < -0.3 is 10.2 Å². The Bertz CT molecular complexity index is 676. The molecule has 0 saturated heterocycles. The van der Waals surface area contributed by atoms with Crippen LogP contribution in [0.3, 0.4) is 0 Å². The van der Waals surface area contributed by atoms with Gasteiger partial charge in [-0.05, 0) is 29.6 Å². The van der Waals surface area contributed by atoms with Gasteiger partial charge in [-0.25, -0.2) is 4.39 Å². The van der Waals surface area contributed by atoms with Gasteiger partial charge in [0.2, 0.25) is 5.91 Å². The van der Waals surface area contributed by atoms with E-state index in [9.17, 15) is 14.0 Å². The van der Waals surface area contributed by atoms with Gasteiger partial charge in [0.05, 0.1) is 9.90 Å². The van der Waals surface area contributed by atoms with Crippen LogP contribution in [0.2, 0.25) is 5.02 Å². The Hall–Kier alpha value is -1.92. The molecule has 116 valence electrons. The van der Waals surface area contributed by atoms with Crippen LogP contribution in [-0.2, 0) is 4.79 Å². The third-order valence-corrected chi connectivity index (χ3v) is 4.12. The number of hydrogen-bond acceptors (Lipinski definition) is 3. The molecule has 0 aliphatic carbocycles. The second-order valence-electron chi connectivity index (χ2n) is 4.50. The number of nitrogens with zero attached hydrogens (tertiary/aromatic N) is 1. The zero-order valence-electron chi connectivity index (χ0n) is 11.8. The lowest BCUT2D eigenvalue weighted by Gasteiger charge is -2.21. The largest absolute Gasteiger partial charge is 0.350 e. The SMILES string of the molecule is CC(=O)N(CCNC(=O)c1cccs1)c1ccc(F)c(Cl)c1. The summed E-state index contributed by atoms with van der Waals surface area (Å²) in [4.78, 5) is 25.6. The van der Waals surface area contributed by atoms with Gasteiger partial charge in [-0.2, -0.15) is 0 Å². The molecule has 0 fully saturated rings. The number of carbonyl (C=O) groups is 2. The van der Waals surface area contributed by atoms with Crippen molar-refractivity contribution in [2.45, 2.75) is 6.92 Å². The van der Waals surface area contributed by atoms with Crippen molar-refractivity contribution in [3.63, 3.8) is 0 Å². The molecule has 1 heterocycles. The Morgan fingerprint density at radius 1 is 1.36 bits per heavy atom. The maximum Gasteiger partial charge on any atom is 0.261 e. The summed E-state index contributed by atoms with van der Waals surface area (Å²) in [5.74, 6) is -0.941. The Kier molecular flexibility index (Phi) is 5.51. The van der Waals surface area contributed by atoms with E-state index in [2.05, 4.69) is 5.32 Å². The van der Waals surface area contributed by atoms with Gasteiger partial charge in [-0.1, -0.05) is 17.7 Å². The molecule has 4 nitrogen and oxygen atoms in total. The first-order chi connectivity index (χ1) is 10.5. The highest BCUT2D eigenvalue weighted by Crippen LogP contribution is 2.22. The summed E-state index contributed by atoms with van der Waals surface area (Å²) in [5.41, 5.74) is 0.490. The van der Waals surface area contributed by atoms with Crippen molar-refractivity contribution in [3.05, 3.63) is 51.4 Å². The smallest absolute Gasteiger partial charge is 0.261 e. The molecule has 1 N–H and O–H groups in total. The van der Waals surface area contributed by atoms with E-state index >= 15 is 0 Å². The highest BCUT2D eigenvalue weighted by Gasteiger charge is 2.14. The summed E-state index contributed by atoms with van der Waals surface area (Å²) in [6.45, 7) is 1.96. The minimum atomic E-state index is -0.542. The number of rotatable bonds is 5. The predicted octanol–water partition coefficient (Wildman–Crippen LogP) is 3.32. The molecule has 0 spiro atoms. The Labute approximate surface area is 136 Å². The van der Waals surface area contributed by atoms with Crippen molar-refractivity contribution in [3.8, 4) is 0 Å². The van der Waals surface area contributed by atoms with Gasteiger partial charge >= 0.3 is 0 Å². The van der Waals surface area contributed by atoms with Crippen molar-refractivity contribution in [2.24, 2.45) is 0 Å². The molecule has 7 heteroatoms. The van der Waals surface area contributed by atoms with E-state index in [1.54, 1.807) is 12.1 Å². The van der Waals surface area contributed by atoms with E-state index in [1.165, 1.54) is 41.4 Å². The summed E-state index contributed by atoms with van der Waals surface area (Å²) in [7, 11) is 0. The molecule has 0 radical (unpaired) electrons. The maximum atomic E-state index is 13.2. The van der Waals surface area contributed by atoms with Crippen LogP contribution >= 0.6 is 22.9 Å². The van der Waals surface area contributed by atoms with Crippen LogP contribution < -0.4 is 10.2 Å². The zero-order chi connectivity index (χ0) is 16.1. The number of thiophene rings is 1. The Morgan fingerprint density at radius 2 is 2.14 bits per heavy atom. The molecule has 0 saturated carbocycles. The summed E-state index contributed by atoms with van der Waals surface area (Å²) < 4.78 is 13.2. The van der Waals surface area contributed by atoms with Crippen LogP contribution in [0.15, 0.2) is 35.7 Å². The molecule has 0 aliphatic heterocycles. The molecule has 2 aromatic rings. The van der Waals surface area contributed by atoms with Crippen molar-refractivity contribution < 1.29 is 14.0 Å². The van der Waals surface area contributed by atoms with Gasteiger partial charge in [-0.15, -0.1) is 11.3 Å². The van der Waals surface area contributed by atoms with Crippen LogP contribution in [-0.4, -0.2) is 24.9 Å². The van der Waals surface area contributed by atoms with E-state index in [4.69, 9.17) is 11.6 Å². The van der Waals surface area contributed by atoms with Crippen LogP contribution in [0, 0.1) is 5.82 Å². The fourth-order valence-corrected chi connectivity index (χ4v) is 2.71. The molecule has 1 aromatic heterocycles. The third kappa shape index (κ3) is 4.05. The monoisotopic (exact) mass is 340 g/mol. The van der Waals surface area contributed by atoms with E-state index < -0.39 is 5.82 Å². The first-order valence-corrected chi connectivity index (χ1v) is 7.79. The van der Waals surface area contributed by atoms with Crippen molar-refractivity contribution in [2.75, 3.05) is 18.0 Å². The summed E-state index contributed by atoms with van der Waals surface area (Å²) in [6, 6.07) is 7.59. The minimum Gasteiger partial charge on any atom is -0.350 e. The molecule has 1 aromatic carbocycles. The highest BCUT2D eigenvalue weighted by molar-refractivity contribution is 7.12. The second kappa shape index (κ2) is 7.38. The van der Waals surface area contributed by atoms with Crippen LogP contribution in [0.25, 0.3) is 0 Å². The van der Waals surface area contributed by atoms with E-state index in [0.717, 1.165) is 0 Å². The van der Waals surface area contributed by atoms with Crippen molar-refractivity contribution in [1.82, 2.24) is 5.32 Å². The number of benzene rings is 1. The number of halogens is 2. The van der Waals surface area contributed by atoms with Crippen LogP contribution in [0.1, 0.15) is 16.6 Å². The molecular weight excluding hydrogens is 327 g/mol. The molecule has 0 aliphatic rings. The van der Waals surface area contributed by atoms with Gasteiger partial charge in [-0.3, -0.25) is 9.59 Å². The fraction of sp³-hybridized carbons (Fsp3) is 0.200. The molecule has 2 rings (SSSR count). The molecular formula is C15H14ClFN2O2S. The molecule has 0 atom stereocenters. The first-order valence-electron chi connectivity index (χ1n) is 6.54. The summed E-state index contributed by atoms with van der Waals surface area (Å²) >= 11 is 7.08. The minimum absolute atomic E-state index is 0.0497. The van der Waals surface area contributed by atoms with Crippen molar-refractivity contribution in [1.29, 1.82) is 0 Å². The normalized spacial score (nSPS) is 10.3. The van der Waals surface area contributed by atoms with E-state index in [-0.39, 0.29) is 29.9 Å². The number of anilines is 1. The van der Waals surface area contributed by atoms with Crippen molar-refractivity contribution >= 4 is 40.4 Å². The zero-order valence-corrected chi connectivity index (χ0v) is 13.4. The molecule has 0 bridgehead atoms. The van der Waals surface area contributed by atoms with Gasteiger partial charge in [0, 0.05) is 25.7 Å². The average Bonchev–Trinajstić information content (AvgIpc) is 3.00. The molecule has 0 unspecified atom stereocenters. The number of carbonyl (C=O) groups excluding carboxylic acids is 2. The number of hydrogen-bond donors (Lipinski definition) is 1. The van der Waals surface area contributed by atoms with Crippen LogP contribution in [0.5, 0.6) is 0 Å².